The Morgan fingerprint density at radius 3 is 2.24 bits per heavy atom. The molecule has 0 aliphatic heterocycles. The second-order valence-electron chi connectivity index (χ2n) is 9.61. The number of aryl methyl sites for hydroxylation is 2. The van der Waals surface area contributed by atoms with E-state index in [1.807, 2.05) is 48.9 Å². The van der Waals surface area contributed by atoms with Crippen molar-refractivity contribution in [3.63, 3.8) is 0 Å². The second kappa shape index (κ2) is 9.61. The van der Waals surface area contributed by atoms with Crippen LogP contribution in [0.5, 0.6) is 0 Å². The summed E-state index contributed by atoms with van der Waals surface area (Å²) in [5.74, 6) is -0.408. The van der Waals surface area contributed by atoms with Gasteiger partial charge in [0.15, 0.2) is 0 Å². The molecule has 1 heterocycles. The highest BCUT2D eigenvalue weighted by Crippen LogP contribution is 2.23. The molecule has 0 aliphatic carbocycles. The lowest BCUT2D eigenvalue weighted by Gasteiger charge is -2.19. The Balaban J connectivity index is 1.63. The first-order valence-corrected chi connectivity index (χ1v) is 11.2. The van der Waals surface area contributed by atoms with Crippen LogP contribution < -0.4 is 5.32 Å². The fourth-order valence-electron chi connectivity index (χ4n) is 3.78. The Morgan fingerprint density at radius 2 is 1.64 bits per heavy atom. The van der Waals surface area contributed by atoms with Gasteiger partial charge in [0, 0.05) is 30.4 Å². The van der Waals surface area contributed by atoms with Crippen LogP contribution in [-0.2, 0) is 16.8 Å². The molecule has 6 heteroatoms. The smallest absolute Gasteiger partial charge is 0.251 e. The molecule has 0 radical (unpaired) electrons. The van der Waals surface area contributed by atoms with Crippen LogP contribution >= 0.6 is 0 Å². The van der Waals surface area contributed by atoms with Crippen molar-refractivity contribution >= 4 is 11.8 Å². The number of likely N-dealkylation sites (N-methyl/N-ethyl adjacent to an activating group) is 1. The van der Waals surface area contributed by atoms with E-state index in [0.717, 1.165) is 33.8 Å². The lowest BCUT2D eigenvalue weighted by Crippen LogP contribution is -2.38. The minimum Gasteiger partial charge on any atom is -0.343 e. The summed E-state index contributed by atoms with van der Waals surface area (Å²) in [5.41, 5.74) is 6.80. The summed E-state index contributed by atoms with van der Waals surface area (Å²) in [4.78, 5) is 26.8. The maximum Gasteiger partial charge on any atom is 0.251 e. The molecule has 2 amide bonds. The molecule has 0 aliphatic rings. The maximum absolute atomic E-state index is 12.7. The second-order valence-corrected chi connectivity index (χ2v) is 9.61. The summed E-state index contributed by atoms with van der Waals surface area (Å²) in [6.07, 6.45) is 0. The molecule has 0 atom stereocenters. The molecule has 174 valence electrons. The summed E-state index contributed by atoms with van der Waals surface area (Å²) < 4.78 is 1.93. The van der Waals surface area contributed by atoms with E-state index in [9.17, 15) is 9.59 Å². The van der Waals surface area contributed by atoms with Gasteiger partial charge in [-0.15, -0.1) is 0 Å². The van der Waals surface area contributed by atoms with Gasteiger partial charge in [0.2, 0.25) is 5.91 Å². The van der Waals surface area contributed by atoms with Gasteiger partial charge in [-0.2, -0.15) is 5.10 Å². The Bertz CT molecular complexity index is 1150. The Kier molecular flexibility index (Phi) is 7.06. The molecular formula is C27H34N4O2. The van der Waals surface area contributed by atoms with E-state index < -0.39 is 0 Å². The highest BCUT2D eigenvalue weighted by atomic mass is 16.2. The standard InChI is InChI=1S/C27H34N4O2/c1-18-10-8-9-11-24(18)31-20(3)23(19(2)29-31)17-30(7)25(32)16-28-26(33)21-12-14-22(15-13-21)27(4,5)6/h8-15H,16-17H2,1-7H3,(H,28,33). The van der Waals surface area contributed by atoms with E-state index >= 15 is 0 Å². The molecule has 33 heavy (non-hydrogen) atoms. The molecule has 3 aromatic rings. The number of amides is 2. The van der Waals surface area contributed by atoms with Crippen LogP contribution in [0.1, 0.15) is 59.2 Å². The van der Waals surface area contributed by atoms with Crippen LogP contribution in [0.15, 0.2) is 48.5 Å². The lowest BCUT2D eigenvalue weighted by atomic mass is 9.87. The van der Waals surface area contributed by atoms with Crippen LogP contribution in [0.3, 0.4) is 0 Å². The van der Waals surface area contributed by atoms with Gasteiger partial charge < -0.3 is 10.2 Å². The number of hydrogen-bond donors (Lipinski definition) is 1. The van der Waals surface area contributed by atoms with Crippen LogP contribution in [0.25, 0.3) is 5.69 Å². The van der Waals surface area contributed by atoms with Crippen molar-refractivity contribution < 1.29 is 9.59 Å². The topological polar surface area (TPSA) is 67.2 Å². The van der Waals surface area contributed by atoms with Crippen LogP contribution in [0, 0.1) is 20.8 Å². The number of carbonyl (C=O) groups excluding carboxylic acids is 2. The quantitative estimate of drug-likeness (QED) is 0.607. The van der Waals surface area contributed by atoms with Crippen molar-refractivity contribution in [2.75, 3.05) is 13.6 Å². The lowest BCUT2D eigenvalue weighted by molar-refractivity contribution is -0.129. The third-order valence-electron chi connectivity index (χ3n) is 6.02. The zero-order valence-corrected chi connectivity index (χ0v) is 20.7. The van der Waals surface area contributed by atoms with Gasteiger partial charge in [0.05, 0.1) is 17.9 Å². The van der Waals surface area contributed by atoms with Gasteiger partial charge in [-0.3, -0.25) is 9.59 Å². The largest absolute Gasteiger partial charge is 0.343 e. The minimum atomic E-state index is -0.253. The molecule has 2 aromatic carbocycles. The van der Waals surface area contributed by atoms with Crippen LogP contribution in [0.2, 0.25) is 0 Å². The zero-order valence-electron chi connectivity index (χ0n) is 20.7. The van der Waals surface area contributed by atoms with Gasteiger partial charge >= 0.3 is 0 Å². The molecule has 0 bridgehead atoms. The summed E-state index contributed by atoms with van der Waals surface area (Å²) in [7, 11) is 1.75. The first-order chi connectivity index (χ1) is 15.5. The fourth-order valence-corrected chi connectivity index (χ4v) is 3.78. The third-order valence-corrected chi connectivity index (χ3v) is 6.02. The number of hydrogen-bond acceptors (Lipinski definition) is 3. The summed E-state index contributed by atoms with van der Waals surface area (Å²) in [6.45, 7) is 12.8. The highest BCUT2D eigenvalue weighted by Gasteiger charge is 2.19. The van der Waals surface area contributed by atoms with Gasteiger partial charge in [0.1, 0.15) is 0 Å². The highest BCUT2D eigenvalue weighted by molar-refractivity contribution is 5.96. The number of nitrogens with one attached hydrogen (secondary N) is 1. The van der Waals surface area contributed by atoms with Gasteiger partial charge in [-0.1, -0.05) is 51.1 Å². The molecule has 6 nitrogen and oxygen atoms in total. The molecule has 0 spiro atoms. The molecule has 0 unspecified atom stereocenters. The number of benzene rings is 2. The van der Waals surface area contributed by atoms with Crippen LogP contribution in [-0.4, -0.2) is 40.1 Å². The number of para-hydroxylation sites is 1. The molecule has 1 N–H and O–H groups in total. The third kappa shape index (κ3) is 5.51. The first-order valence-electron chi connectivity index (χ1n) is 11.2. The van der Waals surface area contributed by atoms with Crippen LogP contribution in [0.4, 0.5) is 0 Å². The zero-order chi connectivity index (χ0) is 24.3. The molecular weight excluding hydrogens is 412 g/mol. The normalized spacial score (nSPS) is 11.4. The molecule has 0 saturated carbocycles. The van der Waals surface area contributed by atoms with E-state index in [0.29, 0.717) is 12.1 Å². The molecule has 3 rings (SSSR count). The average Bonchev–Trinajstić information content (AvgIpc) is 3.05. The fraction of sp³-hybridized carbons (Fsp3) is 0.370. The number of aromatic nitrogens is 2. The monoisotopic (exact) mass is 446 g/mol. The Hall–Kier alpha value is -3.41. The van der Waals surface area contributed by atoms with Gasteiger partial charge in [0.25, 0.3) is 5.91 Å². The van der Waals surface area contributed by atoms with E-state index in [-0.39, 0.29) is 23.8 Å². The predicted octanol–water partition coefficient (Wildman–Crippen LogP) is 4.48. The molecule has 1 aromatic heterocycles. The van der Waals surface area contributed by atoms with Crippen molar-refractivity contribution in [3.8, 4) is 5.69 Å². The first kappa shape index (κ1) is 24.2. The van der Waals surface area contributed by atoms with Gasteiger partial charge in [-0.25, -0.2) is 4.68 Å². The number of carbonyl (C=O) groups is 2. The Morgan fingerprint density at radius 1 is 1.00 bits per heavy atom. The van der Waals surface area contributed by atoms with Gasteiger partial charge in [-0.05, 0) is 55.5 Å². The van der Waals surface area contributed by atoms with Crippen molar-refractivity contribution in [2.45, 2.75) is 53.5 Å². The van der Waals surface area contributed by atoms with Crippen molar-refractivity contribution in [1.29, 1.82) is 0 Å². The maximum atomic E-state index is 12.7. The Labute approximate surface area is 196 Å². The predicted molar refractivity (Wildman–Crippen MR) is 132 cm³/mol. The van der Waals surface area contributed by atoms with E-state index in [1.54, 1.807) is 24.1 Å². The van der Waals surface area contributed by atoms with E-state index in [4.69, 9.17) is 5.10 Å². The molecule has 0 saturated heterocycles. The van der Waals surface area contributed by atoms with Crippen molar-refractivity contribution in [2.24, 2.45) is 0 Å². The molecule has 0 fully saturated rings. The van der Waals surface area contributed by atoms with Crippen molar-refractivity contribution in [1.82, 2.24) is 20.0 Å². The number of nitrogens with zero attached hydrogens (tertiary/aromatic N) is 3. The summed E-state index contributed by atoms with van der Waals surface area (Å²) >= 11 is 0. The van der Waals surface area contributed by atoms with Crippen molar-refractivity contribution in [3.05, 3.63) is 82.2 Å². The SMILES string of the molecule is Cc1ccccc1-n1nc(C)c(CN(C)C(=O)CNC(=O)c2ccc(C(C)(C)C)cc2)c1C. The summed E-state index contributed by atoms with van der Waals surface area (Å²) in [6, 6.07) is 15.6. The van der Waals surface area contributed by atoms with E-state index in [1.165, 1.54) is 0 Å². The average molecular weight is 447 g/mol. The summed E-state index contributed by atoms with van der Waals surface area (Å²) in [5, 5.41) is 7.44. The number of rotatable bonds is 6. The minimum absolute atomic E-state index is 0.0248. The van der Waals surface area contributed by atoms with E-state index in [2.05, 4.69) is 39.1 Å².